The van der Waals surface area contributed by atoms with Crippen LogP contribution in [0.5, 0.6) is 0 Å². The molecule has 0 aliphatic carbocycles. The minimum Gasteiger partial charge on any atom is -0.387 e. The fourth-order valence-corrected chi connectivity index (χ4v) is 5.02. The van der Waals surface area contributed by atoms with E-state index in [2.05, 4.69) is 4.90 Å². The van der Waals surface area contributed by atoms with Crippen LogP contribution in [0.4, 0.5) is 0 Å². The monoisotopic (exact) mass is 324 g/mol. The average molecular weight is 324 g/mol. The van der Waals surface area contributed by atoms with Gasteiger partial charge in [-0.3, -0.25) is 0 Å². The number of hydrogen-bond donors (Lipinski definition) is 1. The summed E-state index contributed by atoms with van der Waals surface area (Å²) in [7, 11) is -3.36. The summed E-state index contributed by atoms with van der Waals surface area (Å²) in [5.74, 6) is 0.00757. The molecule has 1 N–H and O–H groups in total. The van der Waals surface area contributed by atoms with Crippen molar-refractivity contribution in [3.05, 3.63) is 35.9 Å². The molecule has 1 aromatic rings. The van der Waals surface area contributed by atoms with E-state index in [1.165, 1.54) is 17.1 Å². The molecule has 22 heavy (non-hydrogen) atoms. The maximum Gasteiger partial charge on any atom is 0.218 e. The van der Waals surface area contributed by atoms with Gasteiger partial charge in [0.25, 0.3) is 0 Å². The van der Waals surface area contributed by atoms with Crippen molar-refractivity contribution in [2.45, 2.75) is 30.6 Å². The van der Waals surface area contributed by atoms with E-state index in [0.717, 1.165) is 18.7 Å². The van der Waals surface area contributed by atoms with E-state index in [1.54, 1.807) is 0 Å². The number of β-amino-alcohol motifs (C(OH)–C–C–N with tert-alkyl or cyclic N) is 1. The molecule has 5 nitrogen and oxygen atoms in total. The number of likely N-dealkylation sites (tertiary alicyclic amines) is 1. The third-order valence-corrected chi connectivity index (χ3v) is 6.40. The van der Waals surface area contributed by atoms with Crippen molar-refractivity contribution in [1.29, 1.82) is 0 Å². The zero-order valence-electron chi connectivity index (χ0n) is 12.8. The van der Waals surface area contributed by atoms with Gasteiger partial charge >= 0.3 is 0 Å². The Morgan fingerprint density at radius 3 is 2.45 bits per heavy atom. The van der Waals surface area contributed by atoms with Gasteiger partial charge in [-0.25, -0.2) is 8.42 Å². The lowest BCUT2D eigenvalue weighted by atomic mass is 10.0. The Labute approximate surface area is 132 Å². The molecule has 0 spiro atoms. The summed E-state index contributed by atoms with van der Waals surface area (Å²) in [5.41, 5.74) is -0.105. The summed E-state index contributed by atoms with van der Waals surface area (Å²) >= 11 is 0. The highest BCUT2D eigenvalue weighted by atomic mass is 32.2. The molecule has 2 heterocycles. The standard InChI is InChI=1S/C16H24N2O3S/c19-16(13-17-9-4-5-10-17)8-11-18(14-16)22(20,21)12-15-6-2-1-3-7-15/h1-3,6-7,19H,4-5,8-14H2/t16-/m1/s1. The van der Waals surface area contributed by atoms with Gasteiger partial charge in [0.05, 0.1) is 11.4 Å². The lowest BCUT2D eigenvalue weighted by Crippen LogP contribution is -2.45. The highest BCUT2D eigenvalue weighted by molar-refractivity contribution is 7.88. The van der Waals surface area contributed by atoms with Crippen molar-refractivity contribution >= 4 is 10.0 Å². The average Bonchev–Trinajstić information content (AvgIpc) is 3.10. The summed E-state index contributed by atoms with van der Waals surface area (Å²) in [6, 6.07) is 9.21. The van der Waals surface area contributed by atoms with E-state index >= 15 is 0 Å². The molecule has 0 aromatic heterocycles. The smallest absolute Gasteiger partial charge is 0.218 e. The van der Waals surface area contributed by atoms with Gasteiger partial charge in [-0.1, -0.05) is 30.3 Å². The Morgan fingerprint density at radius 2 is 1.77 bits per heavy atom. The van der Waals surface area contributed by atoms with E-state index in [4.69, 9.17) is 0 Å². The molecule has 1 aromatic carbocycles. The van der Waals surface area contributed by atoms with Gasteiger partial charge in [-0.05, 0) is 37.9 Å². The normalized spacial score (nSPS) is 27.5. The molecule has 0 saturated carbocycles. The minimum absolute atomic E-state index is 0.00757. The van der Waals surface area contributed by atoms with Gasteiger partial charge in [0.2, 0.25) is 10.0 Å². The molecule has 0 bridgehead atoms. The molecule has 0 amide bonds. The van der Waals surface area contributed by atoms with E-state index in [-0.39, 0.29) is 12.3 Å². The summed E-state index contributed by atoms with van der Waals surface area (Å²) in [6.07, 6.45) is 2.87. The molecule has 0 radical (unpaired) electrons. The largest absolute Gasteiger partial charge is 0.387 e. The van der Waals surface area contributed by atoms with Crippen LogP contribution < -0.4 is 0 Å². The quantitative estimate of drug-likeness (QED) is 0.879. The molecule has 2 aliphatic heterocycles. The molecule has 6 heteroatoms. The third-order valence-electron chi connectivity index (χ3n) is 4.60. The molecule has 2 saturated heterocycles. The van der Waals surface area contributed by atoms with Crippen molar-refractivity contribution in [2.24, 2.45) is 0 Å². The minimum atomic E-state index is -3.36. The maximum atomic E-state index is 12.5. The molecule has 122 valence electrons. The lowest BCUT2D eigenvalue weighted by molar-refractivity contribution is 0.0232. The first-order valence-corrected chi connectivity index (χ1v) is 9.54. The van der Waals surface area contributed by atoms with Crippen LogP contribution in [0.25, 0.3) is 0 Å². The molecule has 2 aliphatic rings. The van der Waals surface area contributed by atoms with Crippen LogP contribution in [0.1, 0.15) is 24.8 Å². The van der Waals surface area contributed by atoms with Crippen LogP contribution in [0.2, 0.25) is 0 Å². The first-order chi connectivity index (χ1) is 10.5. The summed E-state index contributed by atoms with van der Waals surface area (Å²) in [4.78, 5) is 2.24. The van der Waals surface area contributed by atoms with E-state index in [9.17, 15) is 13.5 Å². The predicted octanol–water partition coefficient (Wildman–Crippen LogP) is 1.05. The number of nitrogens with zero attached hydrogens (tertiary/aromatic N) is 2. The first-order valence-electron chi connectivity index (χ1n) is 7.93. The Hall–Kier alpha value is -0.950. The zero-order chi connectivity index (χ0) is 15.6. The van der Waals surface area contributed by atoms with E-state index in [1.807, 2.05) is 30.3 Å². The van der Waals surface area contributed by atoms with Crippen molar-refractivity contribution < 1.29 is 13.5 Å². The second kappa shape index (κ2) is 6.28. The van der Waals surface area contributed by atoms with Gasteiger partial charge in [0, 0.05) is 19.6 Å². The third kappa shape index (κ3) is 3.68. The van der Waals surface area contributed by atoms with E-state index < -0.39 is 15.6 Å². The van der Waals surface area contributed by atoms with E-state index in [0.29, 0.717) is 19.5 Å². The van der Waals surface area contributed by atoms with Gasteiger partial charge in [0.15, 0.2) is 0 Å². The predicted molar refractivity (Wildman–Crippen MR) is 85.9 cm³/mol. The molecular formula is C16H24N2O3S. The fraction of sp³-hybridized carbons (Fsp3) is 0.625. The van der Waals surface area contributed by atoms with Crippen LogP contribution >= 0.6 is 0 Å². The van der Waals surface area contributed by atoms with Gasteiger partial charge in [0.1, 0.15) is 0 Å². The summed E-state index contributed by atoms with van der Waals surface area (Å²) < 4.78 is 26.5. The SMILES string of the molecule is O=S(=O)(Cc1ccccc1)N1CC[C@@](O)(CN2CCCC2)C1. The second-order valence-electron chi connectivity index (χ2n) is 6.53. The zero-order valence-corrected chi connectivity index (χ0v) is 13.6. The Kier molecular flexibility index (Phi) is 4.54. The number of rotatable bonds is 5. The number of benzene rings is 1. The molecule has 2 fully saturated rings. The molecule has 0 unspecified atom stereocenters. The Morgan fingerprint density at radius 1 is 1.09 bits per heavy atom. The number of hydrogen-bond acceptors (Lipinski definition) is 4. The van der Waals surface area contributed by atoms with Crippen LogP contribution in [0.15, 0.2) is 30.3 Å². The van der Waals surface area contributed by atoms with Crippen LogP contribution in [0, 0.1) is 0 Å². The van der Waals surface area contributed by atoms with Gasteiger partial charge in [-0.15, -0.1) is 0 Å². The molecular weight excluding hydrogens is 300 g/mol. The van der Waals surface area contributed by atoms with Gasteiger partial charge < -0.3 is 10.0 Å². The summed E-state index contributed by atoms with van der Waals surface area (Å²) in [5, 5.41) is 10.7. The molecule has 1 atom stereocenters. The van der Waals surface area contributed by atoms with Crippen molar-refractivity contribution in [3.63, 3.8) is 0 Å². The van der Waals surface area contributed by atoms with Crippen molar-refractivity contribution in [2.75, 3.05) is 32.7 Å². The number of sulfonamides is 1. The summed E-state index contributed by atoms with van der Waals surface area (Å²) in [6.45, 7) is 3.25. The van der Waals surface area contributed by atoms with Crippen LogP contribution in [-0.4, -0.2) is 61.1 Å². The van der Waals surface area contributed by atoms with Crippen molar-refractivity contribution in [1.82, 2.24) is 9.21 Å². The highest BCUT2D eigenvalue weighted by Crippen LogP contribution is 2.27. The topological polar surface area (TPSA) is 60.9 Å². The van der Waals surface area contributed by atoms with Gasteiger partial charge in [-0.2, -0.15) is 4.31 Å². The molecule has 3 rings (SSSR count). The second-order valence-corrected chi connectivity index (χ2v) is 8.50. The van der Waals surface area contributed by atoms with Crippen LogP contribution in [0.3, 0.4) is 0 Å². The Bertz CT molecular complexity index is 599. The lowest BCUT2D eigenvalue weighted by Gasteiger charge is -2.28. The maximum absolute atomic E-state index is 12.5. The fourth-order valence-electron chi connectivity index (χ4n) is 3.42. The first kappa shape index (κ1) is 15.9. The highest BCUT2D eigenvalue weighted by Gasteiger charge is 2.42. The number of aliphatic hydroxyl groups is 1. The van der Waals surface area contributed by atoms with Crippen molar-refractivity contribution in [3.8, 4) is 0 Å². The Balaban J connectivity index is 1.63. The van der Waals surface area contributed by atoms with Crippen LogP contribution in [-0.2, 0) is 15.8 Å².